The lowest BCUT2D eigenvalue weighted by Gasteiger charge is -2.18. The van der Waals surface area contributed by atoms with Crippen LogP contribution in [0.1, 0.15) is 18.1 Å². The molecule has 0 aliphatic heterocycles. The van der Waals surface area contributed by atoms with Crippen molar-refractivity contribution in [2.24, 2.45) is 0 Å². The number of nitrogens with one attached hydrogen (secondary N) is 1. The molecule has 0 heterocycles. The maximum Gasteiger partial charge on any atom is 0.419 e. The Bertz CT molecular complexity index is 515. The molecule has 1 unspecified atom stereocenters. The summed E-state index contributed by atoms with van der Waals surface area (Å²) in [5, 5.41) is 11.3. The standard InChI is InChI=1S/C14H16F3NO3/c1-3-6-18-13(20)9(2)21-12-5-4-10(8-19)7-11(12)14(15,16)17/h3-5,7,9,19H,1,6,8H2,2H3,(H,18,20). The van der Waals surface area contributed by atoms with Gasteiger partial charge < -0.3 is 15.2 Å². The average molecular weight is 303 g/mol. The minimum atomic E-state index is -4.64. The van der Waals surface area contributed by atoms with Crippen LogP contribution < -0.4 is 10.1 Å². The number of carbonyl (C=O) groups excluding carboxylic acids is 1. The summed E-state index contributed by atoms with van der Waals surface area (Å²) < 4.78 is 43.9. The minimum absolute atomic E-state index is 0.110. The summed E-state index contributed by atoms with van der Waals surface area (Å²) in [6.45, 7) is 4.44. The van der Waals surface area contributed by atoms with E-state index in [2.05, 4.69) is 11.9 Å². The van der Waals surface area contributed by atoms with Gasteiger partial charge in [-0.25, -0.2) is 0 Å². The van der Waals surface area contributed by atoms with Crippen LogP contribution in [0.15, 0.2) is 30.9 Å². The van der Waals surface area contributed by atoms with Gasteiger partial charge in [0.1, 0.15) is 5.75 Å². The molecule has 0 bridgehead atoms. The molecule has 0 saturated heterocycles. The Hall–Kier alpha value is -2.02. The van der Waals surface area contributed by atoms with Crippen molar-refractivity contribution in [1.82, 2.24) is 5.32 Å². The molecule has 1 rings (SSSR count). The summed E-state index contributed by atoms with van der Waals surface area (Å²) >= 11 is 0. The highest BCUT2D eigenvalue weighted by atomic mass is 19.4. The number of amides is 1. The van der Waals surface area contributed by atoms with Crippen molar-refractivity contribution in [1.29, 1.82) is 0 Å². The molecule has 1 aromatic rings. The van der Waals surface area contributed by atoms with Crippen molar-refractivity contribution in [3.05, 3.63) is 42.0 Å². The number of carbonyl (C=O) groups is 1. The molecule has 116 valence electrons. The molecule has 0 spiro atoms. The van der Waals surface area contributed by atoms with Crippen molar-refractivity contribution in [3.8, 4) is 5.75 Å². The summed E-state index contributed by atoms with van der Waals surface area (Å²) in [5.41, 5.74) is -0.921. The fraction of sp³-hybridized carbons (Fsp3) is 0.357. The van der Waals surface area contributed by atoms with Crippen LogP contribution in [0.4, 0.5) is 13.2 Å². The van der Waals surface area contributed by atoms with Gasteiger partial charge in [0.05, 0.1) is 12.2 Å². The highest BCUT2D eigenvalue weighted by Gasteiger charge is 2.35. The Kier molecular flexibility index (Phi) is 5.78. The molecule has 7 heteroatoms. The number of aliphatic hydroxyl groups is 1. The van der Waals surface area contributed by atoms with E-state index in [1.807, 2.05) is 0 Å². The molecule has 0 fully saturated rings. The summed E-state index contributed by atoms with van der Waals surface area (Å²) in [6.07, 6.45) is -4.29. The maximum atomic E-state index is 12.9. The van der Waals surface area contributed by atoms with Gasteiger partial charge in [0.25, 0.3) is 5.91 Å². The van der Waals surface area contributed by atoms with Crippen LogP contribution in [0.25, 0.3) is 0 Å². The van der Waals surface area contributed by atoms with Crippen LogP contribution in [0, 0.1) is 0 Å². The van der Waals surface area contributed by atoms with Crippen LogP contribution in [0.3, 0.4) is 0 Å². The van der Waals surface area contributed by atoms with E-state index in [1.165, 1.54) is 19.1 Å². The SMILES string of the molecule is C=CCNC(=O)C(C)Oc1ccc(CO)cc1C(F)(F)F. The van der Waals surface area contributed by atoms with Crippen LogP contribution in [-0.2, 0) is 17.6 Å². The maximum absolute atomic E-state index is 12.9. The van der Waals surface area contributed by atoms with Gasteiger partial charge in [-0.15, -0.1) is 6.58 Å². The van der Waals surface area contributed by atoms with Crippen molar-refractivity contribution in [2.45, 2.75) is 25.8 Å². The van der Waals surface area contributed by atoms with Crippen LogP contribution in [-0.4, -0.2) is 23.7 Å². The fourth-order valence-electron chi connectivity index (χ4n) is 1.56. The minimum Gasteiger partial charge on any atom is -0.480 e. The Balaban J connectivity index is 2.97. The van der Waals surface area contributed by atoms with Gasteiger partial charge in [-0.1, -0.05) is 12.1 Å². The van der Waals surface area contributed by atoms with Gasteiger partial charge in [0.15, 0.2) is 6.10 Å². The van der Waals surface area contributed by atoms with Gasteiger partial charge in [-0.05, 0) is 24.6 Å². The molecular formula is C14H16F3NO3. The van der Waals surface area contributed by atoms with Gasteiger partial charge >= 0.3 is 6.18 Å². The predicted octanol–water partition coefficient (Wildman–Crippen LogP) is 2.27. The average Bonchev–Trinajstić information content (AvgIpc) is 2.43. The van der Waals surface area contributed by atoms with E-state index in [9.17, 15) is 18.0 Å². The second kappa shape index (κ2) is 7.12. The van der Waals surface area contributed by atoms with Crippen molar-refractivity contribution < 1.29 is 27.8 Å². The topological polar surface area (TPSA) is 58.6 Å². The van der Waals surface area contributed by atoms with Crippen LogP contribution in [0.2, 0.25) is 0 Å². The normalized spacial score (nSPS) is 12.6. The Morgan fingerprint density at radius 2 is 2.19 bits per heavy atom. The molecule has 0 radical (unpaired) electrons. The molecular weight excluding hydrogens is 287 g/mol. The third-order valence-corrected chi connectivity index (χ3v) is 2.63. The largest absolute Gasteiger partial charge is 0.480 e. The molecule has 0 saturated carbocycles. The lowest BCUT2D eigenvalue weighted by Crippen LogP contribution is -2.36. The summed E-state index contributed by atoms with van der Waals surface area (Å²) in [5.74, 6) is -1.00. The number of ether oxygens (including phenoxy) is 1. The number of benzene rings is 1. The molecule has 0 aromatic heterocycles. The van der Waals surface area contributed by atoms with Gasteiger partial charge in [0.2, 0.25) is 0 Å². The van der Waals surface area contributed by atoms with Crippen molar-refractivity contribution >= 4 is 5.91 Å². The number of hydrogen-bond acceptors (Lipinski definition) is 3. The zero-order valence-electron chi connectivity index (χ0n) is 11.4. The first kappa shape index (κ1) is 17.0. The summed E-state index contributed by atoms with van der Waals surface area (Å²) in [7, 11) is 0. The van der Waals surface area contributed by atoms with Gasteiger partial charge in [-0.2, -0.15) is 13.2 Å². The quantitative estimate of drug-likeness (QED) is 0.793. The summed E-state index contributed by atoms with van der Waals surface area (Å²) in [6, 6.07) is 3.19. The summed E-state index contributed by atoms with van der Waals surface area (Å²) in [4.78, 5) is 11.6. The van der Waals surface area contributed by atoms with E-state index in [-0.39, 0.29) is 12.1 Å². The van der Waals surface area contributed by atoms with Crippen LogP contribution in [0.5, 0.6) is 5.75 Å². The molecule has 2 N–H and O–H groups in total. The first-order valence-electron chi connectivity index (χ1n) is 6.15. The molecule has 0 aliphatic carbocycles. The molecule has 21 heavy (non-hydrogen) atoms. The van der Waals surface area contributed by atoms with Crippen molar-refractivity contribution in [3.63, 3.8) is 0 Å². The van der Waals surface area contributed by atoms with E-state index >= 15 is 0 Å². The van der Waals surface area contributed by atoms with Crippen LogP contribution >= 0.6 is 0 Å². The predicted molar refractivity (Wildman–Crippen MR) is 70.7 cm³/mol. The second-order valence-corrected chi connectivity index (χ2v) is 4.28. The number of rotatable bonds is 6. The highest BCUT2D eigenvalue weighted by molar-refractivity contribution is 5.80. The number of hydrogen-bond donors (Lipinski definition) is 2. The van der Waals surface area contributed by atoms with Gasteiger partial charge in [-0.3, -0.25) is 4.79 Å². The van der Waals surface area contributed by atoms with E-state index < -0.39 is 36.1 Å². The van der Waals surface area contributed by atoms with E-state index in [1.54, 1.807) is 0 Å². The van der Waals surface area contributed by atoms with E-state index in [0.717, 1.165) is 12.1 Å². The van der Waals surface area contributed by atoms with E-state index in [0.29, 0.717) is 0 Å². The van der Waals surface area contributed by atoms with E-state index in [4.69, 9.17) is 9.84 Å². The molecule has 1 amide bonds. The van der Waals surface area contributed by atoms with Crippen molar-refractivity contribution in [2.75, 3.05) is 6.54 Å². The second-order valence-electron chi connectivity index (χ2n) is 4.28. The molecule has 1 atom stereocenters. The molecule has 0 aliphatic rings. The highest BCUT2D eigenvalue weighted by Crippen LogP contribution is 2.37. The van der Waals surface area contributed by atoms with Gasteiger partial charge in [0, 0.05) is 6.54 Å². The molecule has 1 aromatic carbocycles. The first-order valence-corrected chi connectivity index (χ1v) is 6.15. The lowest BCUT2D eigenvalue weighted by atomic mass is 10.1. The Labute approximate surface area is 120 Å². The Morgan fingerprint density at radius 3 is 2.71 bits per heavy atom. The monoisotopic (exact) mass is 303 g/mol. The first-order chi connectivity index (χ1) is 9.79. The number of halogens is 3. The lowest BCUT2D eigenvalue weighted by molar-refractivity contribution is -0.140. The third kappa shape index (κ3) is 4.78. The number of alkyl halides is 3. The fourth-order valence-corrected chi connectivity index (χ4v) is 1.56. The Morgan fingerprint density at radius 1 is 1.52 bits per heavy atom. The third-order valence-electron chi connectivity index (χ3n) is 2.63. The zero-order chi connectivity index (χ0) is 16.0. The molecule has 4 nitrogen and oxygen atoms in total. The smallest absolute Gasteiger partial charge is 0.419 e. The number of aliphatic hydroxyl groups excluding tert-OH is 1. The zero-order valence-corrected chi connectivity index (χ0v) is 11.4.